The van der Waals surface area contributed by atoms with Crippen LogP contribution in [0.5, 0.6) is 0 Å². The van der Waals surface area contributed by atoms with Crippen molar-refractivity contribution in [2.45, 2.75) is 40.7 Å². The molecule has 0 spiro atoms. The number of nitrogens with one attached hydrogen (secondary N) is 1. The number of aromatic nitrogens is 4. The molecule has 0 aliphatic heterocycles. The first-order chi connectivity index (χ1) is 9.13. The SMILES string of the molecule is CCNCc1cc(CC)nc(-n2nc(C)nc2C)c1. The third-order valence-corrected chi connectivity index (χ3v) is 2.96. The van der Waals surface area contributed by atoms with Gasteiger partial charge in [0.1, 0.15) is 11.6 Å². The van der Waals surface area contributed by atoms with Crippen molar-refractivity contribution in [3.05, 3.63) is 35.0 Å². The fourth-order valence-electron chi connectivity index (χ4n) is 2.03. The van der Waals surface area contributed by atoms with Crippen LogP contribution < -0.4 is 5.32 Å². The molecule has 0 atom stereocenters. The summed E-state index contributed by atoms with van der Waals surface area (Å²) >= 11 is 0. The first kappa shape index (κ1) is 13.7. The van der Waals surface area contributed by atoms with Gasteiger partial charge in [-0.1, -0.05) is 13.8 Å². The van der Waals surface area contributed by atoms with Gasteiger partial charge in [-0.3, -0.25) is 0 Å². The molecule has 0 fully saturated rings. The molecule has 0 aliphatic rings. The Morgan fingerprint density at radius 1 is 1.16 bits per heavy atom. The first-order valence-corrected chi connectivity index (χ1v) is 6.75. The second kappa shape index (κ2) is 5.93. The smallest absolute Gasteiger partial charge is 0.156 e. The van der Waals surface area contributed by atoms with Gasteiger partial charge >= 0.3 is 0 Å². The van der Waals surface area contributed by atoms with Crippen molar-refractivity contribution >= 4 is 0 Å². The molecule has 0 radical (unpaired) electrons. The van der Waals surface area contributed by atoms with Crippen molar-refractivity contribution in [2.75, 3.05) is 6.54 Å². The standard InChI is InChI=1S/C14H21N5/c1-5-13-7-12(9-15-6-2)8-14(17-13)19-11(4)16-10(3)18-19/h7-8,15H,5-6,9H2,1-4H3. The van der Waals surface area contributed by atoms with Crippen LogP contribution in [0, 0.1) is 13.8 Å². The fraction of sp³-hybridized carbons (Fsp3) is 0.500. The third-order valence-electron chi connectivity index (χ3n) is 2.96. The van der Waals surface area contributed by atoms with Crippen LogP contribution in [0.4, 0.5) is 0 Å². The maximum absolute atomic E-state index is 4.64. The molecule has 0 aromatic carbocycles. The average Bonchev–Trinajstić information content (AvgIpc) is 2.75. The van der Waals surface area contributed by atoms with Crippen molar-refractivity contribution in [3.8, 4) is 5.82 Å². The molecule has 2 aromatic rings. The molecule has 0 saturated carbocycles. The van der Waals surface area contributed by atoms with E-state index in [1.807, 2.05) is 18.5 Å². The van der Waals surface area contributed by atoms with Crippen molar-refractivity contribution in [1.29, 1.82) is 0 Å². The lowest BCUT2D eigenvalue weighted by atomic mass is 10.2. The van der Waals surface area contributed by atoms with E-state index >= 15 is 0 Å². The monoisotopic (exact) mass is 259 g/mol. The highest BCUT2D eigenvalue weighted by molar-refractivity contribution is 5.31. The van der Waals surface area contributed by atoms with E-state index in [9.17, 15) is 0 Å². The quantitative estimate of drug-likeness (QED) is 0.891. The van der Waals surface area contributed by atoms with Crippen LogP contribution in [-0.4, -0.2) is 26.3 Å². The normalized spacial score (nSPS) is 10.9. The number of hydrogen-bond acceptors (Lipinski definition) is 4. The lowest BCUT2D eigenvalue weighted by Crippen LogP contribution is -2.13. The second-order valence-corrected chi connectivity index (χ2v) is 4.58. The van der Waals surface area contributed by atoms with Gasteiger partial charge in [-0.25, -0.2) is 9.97 Å². The summed E-state index contributed by atoms with van der Waals surface area (Å²) in [7, 11) is 0. The second-order valence-electron chi connectivity index (χ2n) is 4.58. The number of rotatable bonds is 5. The highest BCUT2D eigenvalue weighted by Crippen LogP contribution is 2.12. The van der Waals surface area contributed by atoms with Gasteiger partial charge in [-0.05, 0) is 44.5 Å². The Bertz CT molecular complexity index is 559. The Kier molecular flexibility index (Phi) is 4.27. The maximum atomic E-state index is 4.64. The molecule has 2 rings (SSSR count). The topological polar surface area (TPSA) is 55.6 Å². The Labute approximate surface area is 114 Å². The molecule has 0 bridgehead atoms. The third kappa shape index (κ3) is 3.17. The summed E-state index contributed by atoms with van der Waals surface area (Å²) in [5, 5.41) is 7.74. The zero-order valence-corrected chi connectivity index (χ0v) is 12.1. The van der Waals surface area contributed by atoms with Crippen LogP contribution >= 0.6 is 0 Å². The van der Waals surface area contributed by atoms with E-state index in [2.05, 4.69) is 46.4 Å². The van der Waals surface area contributed by atoms with Gasteiger partial charge in [-0.15, -0.1) is 5.10 Å². The summed E-state index contributed by atoms with van der Waals surface area (Å²) in [6, 6.07) is 4.22. The van der Waals surface area contributed by atoms with E-state index in [0.29, 0.717) is 0 Å². The average molecular weight is 259 g/mol. The predicted molar refractivity (Wildman–Crippen MR) is 75.4 cm³/mol. The molecule has 2 heterocycles. The molecular formula is C14H21N5. The summed E-state index contributed by atoms with van der Waals surface area (Å²) in [6.07, 6.45) is 0.916. The lowest BCUT2D eigenvalue weighted by molar-refractivity contribution is 0.718. The van der Waals surface area contributed by atoms with E-state index in [1.54, 1.807) is 0 Å². The molecule has 0 unspecified atom stereocenters. The summed E-state index contributed by atoms with van der Waals surface area (Å²) in [5.74, 6) is 2.49. The van der Waals surface area contributed by atoms with Crippen molar-refractivity contribution in [3.63, 3.8) is 0 Å². The Balaban J connectivity index is 2.41. The summed E-state index contributed by atoms with van der Waals surface area (Å²) in [6.45, 7) is 9.87. The van der Waals surface area contributed by atoms with Crippen LogP contribution in [0.2, 0.25) is 0 Å². The Morgan fingerprint density at radius 2 is 1.95 bits per heavy atom. The van der Waals surface area contributed by atoms with E-state index in [4.69, 9.17) is 0 Å². The van der Waals surface area contributed by atoms with Gasteiger partial charge in [-0.2, -0.15) is 4.68 Å². The van der Waals surface area contributed by atoms with Crippen LogP contribution in [0.15, 0.2) is 12.1 Å². The summed E-state index contributed by atoms with van der Waals surface area (Å²) < 4.78 is 1.81. The van der Waals surface area contributed by atoms with Gasteiger partial charge in [0.2, 0.25) is 0 Å². The predicted octanol–water partition coefficient (Wildman–Crippen LogP) is 1.95. The van der Waals surface area contributed by atoms with Gasteiger partial charge < -0.3 is 5.32 Å². The molecule has 5 heteroatoms. The molecule has 0 amide bonds. The van der Waals surface area contributed by atoms with Gasteiger partial charge in [0.05, 0.1) is 0 Å². The lowest BCUT2D eigenvalue weighted by Gasteiger charge is -2.09. The minimum Gasteiger partial charge on any atom is -0.313 e. The van der Waals surface area contributed by atoms with Crippen molar-refractivity contribution < 1.29 is 0 Å². The van der Waals surface area contributed by atoms with E-state index in [0.717, 1.165) is 42.7 Å². The van der Waals surface area contributed by atoms with Crippen LogP contribution in [0.1, 0.15) is 36.8 Å². The molecule has 0 saturated heterocycles. The minimum absolute atomic E-state index is 0.773. The number of nitrogens with zero attached hydrogens (tertiary/aromatic N) is 4. The van der Waals surface area contributed by atoms with Crippen LogP contribution in [-0.2, 0) is 13.0 Å². The fourth-order valence-corrected chi connectivity index (χ4v) is 2.03. The van der Waals surface area contributed by atoms with E-state index < -0.39 is 0 Å². The van der Waals surface area contributed by atoms with Gasteiger partial charge in [0.15, 0.2) is 5.82 Å². The molecule has 102 valence electrons. The minimum atomic E-state index is 0.773. The molecule has 2 aromatic heterocycles. The number of pyridine rings is 1. The molecule has 1 N–H and O–H groups in total. The molecular weight excluding hydrogens is 238 g/mol. The highest BCUT2D eigenvalue weighted by atomic mass is 15.4. The largest absolute Gasteiger partial charge is 0.313 e. The van der Waals surface area contributed by atoms with Crippen molar-refractivity contribution in [2.24, 2.45) is 0 Å². The first-order valence-electron chi connectivity index (χ1n) is 6.75. The van der Waals surface area contributed by atoms with E-state index in [-0.39, 0.29) is 0 Å². The molecule has 19 heavy (non-hydrogen) atoms. The van der Waals surface area contributed by atoms with Gasteiger partial charge in [0, 0.05) is 12.2 Å². The molecule has 0 aliphatic carbocycles. The van der Waals surface area contributed by atoms with Crippen LogP contribution in [0.25, 0.3) is 5.82 Å². The Morgan fingerprint density at radius 3 is 2.53 bits per heavy atom. The number of aryl methyl sites for hydroxylation is 3. The zero-order valence-electron chi connectivity index (χ0n) is 12.1. The summed E-state index contributed by atoms with van der Waals surface area (Å²) in [4.78, 5) is 8.97. The molecule has 5 nitrogen and oxygen atoms in total. The highest BCUT2D eigenvalue weighted by Gasteiger charge is 2.09. The van der Waals surface area contributed by atoms with E-state index in [1.165, 1.54) is 5.56 Å². The van der Waals surface area contributed by atoms with Gasteiger partial charge in [0.25, 0.3) is 0 Å². The maximum Gasteiger partial charge on any atom is 0.156 e. The van der Waals surface area contributed by atoms with Crippen molar-refractivity contribution in [1.82, 2.24) is 25.1 Å². The van der Waals surface area contributed by atoms with Crippen LogP contribution in [0.3, 0.4) is 0 Å². The Hall–Kier alpha value is -1.75. The number of hydrogen-bond donors (Lipinski definition) is 1. The zero-order chi connectivity index (χ0) is 13.8. The summed E-state index contributed by atoms with van der Waals surface area (Å²) in [5.41, 5.74) is 2.31.